The van der Waals surface area contributed by atoms with Gasteiger partial charge in [-0.15, -0.1) is 0 Å². The van der Waals surface area contributed by atoms with Crippen LogP contribution in [0.3, 0.4) is 0 Å². The van der Waals surface area contributed by atoms with Gasteiger partial charge in [0, 0.05) is 34.0 Å². The molecule has 0 spiro atoms. The summed E-state index contributed by atoms with van der Waals surface area (Å²) >= 11 is 0. The Bertz CT molecular complexity index is 2240. The average Bonchev–Trinajstić information content (AvgIpc) is 3.10. The van der Waals surface area contributed by atoms with Gasteiger partial charge < -0.3 is 14.6 Å². The molecular formula is C45H39NO3. The number of rotatable bonds is 7. The van der Waals surface area contributed by atoms with Crippen LogP contribution in [0.4, 0.5) is 5.69 Å². The highest BCUT2D eigenvalue weighted by Crippen LogP contribution is 2.44. The topological polar surface area (TPSA) is 51.0 Å². The summed E-state index contributed by atoms with van der Waals surface area (Å²) in [5.41, 5.74) is 11.5. The van der Waals surface area contributed by atoms with Crippen molar-refractivity contribution in [3.8, 4) is 50.6 Å². The van der Waals surface area contributed by atoms with Gasteiger partial charge in [0.1, 0.15) is 17.2 Å². The predicted octanol–water partition coefficient (Wildman–Crippen LogP) is 11.7. The van der Waals surface area contributed by atoms with Crippen LogP contribution in [0.1, 0.15) is 27.8 Å². The molecular weight excluding hydrogens is 602 g/mol. The van der Waals surface area contributed by atoms with Gasteiger partial charge >= 0.3 is 0 Å². The average molecular weight is 642 g/mol. The van der Waals surface area contributed by atoms with Crippen molar-refractivity contribution in [2.24, 2.45) is 4.99 Å². The van der Waals surface area contributed by atoms with Crippen LogP contribution >= 0.6 is 0 Å². The summed E-state index contributed by atoms with van der Waals surface area (Å²) < 4.78 is 11.4. The van der Waals surface area contributed by atoms with E-state index in [2.05, 4.69) is 113 Å². The number of hydrogen-bond acceptors (Lipinski definition) is 4. The van der Waals surface area contributed by atoms with E-state index in [4.69, 9.17) is 14.5 Å². The van der Waals surface area contributed by atoms with Gasteiger partial charge in [-0.3, -0.25) is 4.99 Å². The van der Waals surface area contributed by atoms with E-state index in [1.165, 1.54) is 0 Å². The number of aliphatic imine (C=N–C) groups is 1. The number of aryl methyl sites for hydroxylation is 4. The Morgan fingerprint density at radius 2 is 0.980 bits per heavy atom. The van der Waals surface area contributed by atoms with E-state index in [1.54, 1.807) is 20.4 Å². The van der Waals surface area contributed by atoms with Gasteiger partial charge in [-0.05, 0) is 119 Å². The molecule has 4 nitrogen and oxygen atoms in total. The SMILES string of the molecule is COc1c(C)cc(-c2cccc(-c3cc(C)c(OC)c(C)c3)c2N=Cc2cccc(-c3c4ccccc4cc4ccccc34)c2O)cc1C. The molecule has 0 saturated carbocycles. The number of nitrogens with zero attached hydrogens (tertiary/aromatic N) is 1. The minimum Gasteiger partial charge on any atom is -0.507 e. The third-order valence-corrected chi connectivity index (χ3v) is 9.43. The summed E-state index contributed by atoms with van der Waals surface area (Å²) in [5.74, 6) is 1.96. The first-order valence-electron chi connectivity index (χ1n) is 16.5. The van der Waals surface area contributed by atoms with Crippen LogP contribution < -0.4 is 9.47 Å². The number of para-hydroxylation sites is 2. The van der Waals surface area contributed by atoms with Crippen molar-refractivity contribution < 1.29 is 14.6 Å². The third-order valence-electron chi connectivity index (χ3n) is 9.43. The maximum Gasteiger partial charge on any atom is 0.132 e. The molecule has 0 amide bonds. The Morgan fingerprint density at radius 3 is 1.47 bits per heavy atom. The molecule has 7 aromatic rings. The molecule has 0 fully saturated rings. The summed E-state index contributed by atoms with van der Waals surface area (Å²) in [6.45, 7) is 8.27. The first kappa shape index (κ1) is 31.7. The fraction of sp³-hybridized carbons (Fsp3) is 0.133. The molecule has 7 rings (SSSR count). The molecule has 0 saturated heterocycles. The zero-order valence-electron chi connectivity index (χ0n) is 28.8. The highest BCUT2D eigenvalue weighted by Gasteiger charge is 2.18. The molecule has 0 radical (unpaired) electrons. The van der Waals surface area contributed by atoms with Crippen LogP contribution in [-0.2, 0) is 0 Å². The lowest BCUT2D eigenvalue weighted by atomic mass is 9.90. The highest BCUT2D eigenvalue weighted by molar-refractivity contribution is 6.14. The zero-order chi connectivity index (χ0) is 34.2. The third kappa shape index (κ3) is 5.70. The van der Waals surface area contributed by atoms with Crippen molar-refractivity contribution >= 4 is 33.4 Å². The van der Waals surface area contributed by atoms with Gasteiger partial charge in [0.05, 0.1) is 19.9 Å². The highest BCUT2D eigenvalue weighted by atomic mass is 16.5. The molecule has 0 bridgehead atoms. The molecule has 0 aromatic heterocycles. The standard InChI is InChI=1S/C45H39NO3/c1-27-21-34(22-28(2)44(27)48-5)38-18-12-19-39(35-23-29(3)45(49-6)30(4)24-35)42(38)46-26-33-15-11-20-40(43(33)47)41-36-16-9-7-13-31(36)25-32-14-8-10-17-37(32)41/h7-26,47H,1-6H3. The van der Waals surface area contributed by atoms with Gasteiger partial charge in [0.15, 0.2) is 0 Å². The quantitative estimate of drug-likeness (QED) is 0.139. The molecule has 49 heavy (non-hydrogen) atoms. The second kappa shape index (κ2) is 13.0. The van der Waals surface area contributed by atoms with Crippen LogP contribution in [0.5, 0.6) is 17.2 Å². The minimum atomic E-state index is 0.194. The van der Waals surface area contributed by atoms with Gasteiger partial charge in [-0.1, -0.05) is 78.9 Å². The molecule has 0 aliphatic rings. The number of benzene rings is 7. The number of phenolic OH excluding ortho intramolecular Hbond substituents is 1. The molecule has 0 unspecified atom stereocenters. The summed E-state index contributed by atoms with van der Waals surface area (Å²) in [7, 11) is 3.42. The Hall–Kier alpha value is -5.87. The first-order valence-corrected chi connectivity index (χ1v) is 16.5. The van der Waals surface area contributed by atoms with Gasteiger partial charge in [0.25, 0.3) is 0 Å². The van der Waals surface area contributed by atoms with E-state index in [1.807, 2.05) is 30.3 Å². The largest absolute Gasteiger partial charge is 0.507 e. The Morgan fingerprint density at radius 1 is 0.531 bits per heavy atom. The van der Waals surface area contributed by atoms with Crippen LogP contribution in [0.15, 0.2) is 120 Å². The summed E-state index contributed by atoms with van der Waals surface area (Å²) in [5, 5.41) is 16.4. The fourth-order valence-electron chi connectivity index (χ4n) is 7.31. The lowest BCUT2D eigenvalue weighted by Crippen LogP contribution is -1.95. The van der Waals surface area contributed by atoms with Gasteiger partial charge in [-0.25, -0.2) is 0 Å². The number of aromatic hydroxyl groups is 1. The first-order chi connectivity index (χ1) is 23.8. The zero-order valence-corrected chi connectivity index (χ0v) is 28.8. The summed E-state index contributed by atoms with van der Waals surface area (Å²) in [6.07, 6.45) is 1.79. The smallest absolute Gasteiger partial charge is 0.132 e. The second-order valence-electron chi connectivity index (χ2n) is 12.7. The Labute approximate surface area is 287 Å². The molecule has 4 heteroatoms. The van der Waals surface area contributed by atoms with Crippen LogP contribution in [0, 0.1) is 27.7 Å². The molecule has 242 valence electrons. The van der Waals surface area contributed by atoms with Gasteiger partial charge in [-0.2, -0.15) is 0 Å². The number of methoxy groups -OCH3 is 2. The van der Waals surface area contributed by atoms with Crippen LogP contribution in [0.25, 0.3) is 54.9 Å². The molecule has 0 atom stereocenters. The molecule has 0 heterocycles. The number of hydrogen-bond donors (Lipinski definition) is 1. The van der Waals surface area contributed by atoms with Crippen molar-refractivity contribution in [2.75, 3.05) is 14.2 Å². The van der Waals surface area contributed by atoms with E-state index >= 15 is 0 Å². The van der Waals surface area contributed by atoms with Crippen molar-refractivity contribution in [3.63, 3.8) is 0 Å². The molecule has 0 aliphatic carbocycles. The monoisotopic (exact) mass is 641 g/mol. The lowest BCUT2D eigenvalue weighted by Gasteiger charge is -2.17. The maximum atomic E-state index is 12.0. The van der Waals surface area contributed by atoms with E-state index in [0.717, 1.165) is 94.4 Å². The Kier molecular flexibility index (Phi) is 8.39. The number of ether oxygens (including phenoxy) is 2. The van der Waals surface area contributed by atoms with Crippen LogP contribution in [0.2, 0.25) is 0 Å². The second-order valence-corrected chi connectivity index (χ2v) is 12.7. The van der Waals surface area contributed by atoms with E-state index in [0.29, 0.717) is 5.56 Å². The number of phenols is 1. The van der Waals surface area contributed by atoms with E-state index in [-0.39, 0.29) is 5.75 Å². The normalized spacial score (nSPS) is 11.5. The van der Waals surface area contributed by atoms with E-state index < -0.39 is 0 Å². The summed E-state index contributed by atoms with van der Waals surface area (Å²) in [6, 6.07) is 39.7. The predicted molar refractivity (Wildman–Crippen MR) is 205 cm³/mol. The van der Waals surface area contributed by atoms with Gasteiger partial charge in [0.2, 0.25) is 0 Å². The minimum absolute atomic E-state index is 0.194. The number of fused-ring (bicyclic) bond motifs is 2. The molecule has 1 N–H and O–H groups in total. The van der Waals surface area contributed by atoms with Crippen molar-refractivity contribution in [1.82, 2.24) is 0 Å². The van der Waals surface area contributed by atoms with E-state index in [9.17, 15) is 5.11 Å². The van der Waals surface area contributed by atoms with Crippen LogP contribution in [-0.4, -0.2) is 25.5 Å². The fourth-order valence-corrected chi connectivity index (χ4v) is 7.31. The van der Waals surface area contributed by atoms with Crippen molar-refractivity contribution in [1.29, 1.82) is 0 Å². The maximum absolute atomic E-state index is 12.0. The molecule has 7 aromatic carbocycles. The lowest BCUT2D eigenvalue weighted by molar-refractivity contribution is 0.408. The Balaban J connectivity index is 1.44. The van der Waals surface area contributed by atoms with Crippen molar-refractivity contribution in [3.05, 3.63) is 143 Å². The summed E-state index contributed by atoms with van der Waals surface area (Å²) in [4.78, 5) is 5.21. The van der Waals surface area contributed by atoms with Crippen molar-refractivity contribution in [2.45, 2.75) is 27.7 Å². The molecule has 0 aliphatic heterocycles.